The van der Waals surface area contributed by atoms with Crippen LogP contribution >= 0.6 is 15.9 Å². The molecule has 0 amide bonds. The van der Waals surface area contributed by atoms with Gasteiger partial charge in [0.05, 0.1) is 18.9 Å². The molecule has 0 unspecified atom stereocenters. The van der Waals surface area contributed by atoms with Crippen LogP contribution < -0.4 is 4.74 Å². The molecule has 1 heterocycles. The SMILES string of the molecule is C=C(OCC)n1cnc(-c2cc(Br)ccc2OC(=O)OCC)c1. The van der Waals surface area contributed by atoms with Crippen LogP contribution in [-0.4, -0.2) is 28.9 Å². The summed E-state index contributed by atoms with van der Waals surface area (Å²) in [4.78, 5) is 15.9. The quantitative estimate of drug-likeness (QED) is 0.424. The molecule has 0 spiro atoms. The summed E-state index contributed by atoms with van der Waals surface area (Å²) in [7, 11) is 0. The fourth-order valence-corrected chi connectivity index (χ4v) is 2.23. The molecule has 0 saturated heterocycles. The zero-order valence-corrected chi connectivity index (χ0v) is 14.5. The van der Waals surface area contributed by atoms with Crippen LogP contribution in [0.25, 0.3) is 17.1 Å². The van der Waals surface area contributed by atoms with E-state index in [4.69, 9.17) is 14.2 Å². The fourth-order valence-electron chi connectivity index (χ4n) is 1.87. The second-order valence-corrected chi connectivity index (χ2v) is 5.33. The van der Waals surface area contributed by atoms with E-state index in [-0.39, 0.29) is 6.61 Å². The molecular formula is C16H17BrN2O4. The predicted molar refractivity (Wildman–Crippen MR) is 90.0 cm³/mol. The lowest BCUT2D eigenvalue weighted by Gasteiger charge is -2.09. The Morgan fingerprint density at radius 3 is 2.74 bits per heavy atom. The first kappa shape index (κ1) is 17.1. The minimum absolute atomic E-state index is 0.244. The molecule has 2 rings (SSSR count). The van der Waals surface area contributed by atoms with E-state index in [1.807, 2.05) is 13.0 Å². The fraction of sp³-hybridized carbons (Fsp3) is 0.250. The molecule has 0 fully saturated rings. The molecule has 23 heavy (non-hydrogen) atoms. The Bertz CT molecular complexity index is 712. The lowest BCUT2D eigenvalue weighted by molar-refractivity contribution is 0.104. The molecule has 6 nitrogen and oxygen atoms in total. The highest BCUT2D eigenvalue weighted by molar-refractivity contribution is 9.10. The highest BCUT2D eigenvalue weighted by Gasteiger charge is 2.15. The van der Waals surface area contributed by atoms with Crippen LogP contribution in [0, 0.1) is 0 Å². The molecule has 7 heteroatoms. The topological polar surface area (TPSA) is 62.6 Å². The lowest BCUT2D eigenvalue weighted by atomic mass is 10.1. The van der Waals surface area contributed by atoms with Crippen molar-refractivity contribution in [2.45, 2.75) is 13.8 Å². The maximum Gasteiger partial charge on any atom is 0.513 e. The Hall–Kier alpha value is -2.28. The van der Waals surface area contributed by atoms with Crippen molar-refractivity contribution in [1.82, 2.24) is 9.55 Å². The largest absolute Gasteiger partial charge is 0.513 e. The molecule has 0 aliphatic carbocycles. The average molecular weight is 381 g/mol. The number of nitrogens with zero attached hydrogens (tertiary/aromatic N) is 2. The standard InChI is InChI=1S/C16H17BrN2O4/c1-4-21-11(3)19-9-14(18-10-19)13-8-12(17)6-7-15(13)23-16(20)22-5-2/h6-10H,3-5H2,1-2H3. The molecular weight excluding hydrogens is 364 g/mol. The third-order valence-corrected chi connectivity index (χ3v) is 3.35. The number of hydrogen-bond donors (Lipinski definition) is 0. The molecule has 0 bridgehead atoms. The highest BCUT2D eigenvalue weighted by Crippen LogP contribution is 2.32. The summed E-state index contributed by atoms with van der Waals surface area (Å²) in [5.41, 5.74) is 1.27. The van der Waals surface area contributed by atoms with Crippen molar-refractivity contribution >= 4 is 28.0 Å². The first-order chi connectivity index (χ1) is 11.0. The summed E-state index contributed by atoms with van der Waals surface area (Å²) < 4.78 is 17.9. The van der Waals surface area contributed by atoms with E-state index in [2.05, 4.69) is 27.5 Å². The minimum atomic E-state index is -0.755. The Balaban J connectivity index is 2.32. The summed E-state index contributed by atoms with van der Waals surface area (Å²) in [5, 5.41) is 0. The first-order valence-electron chi connectivity index (χ1n) is 7.05. The normalized spacial score (nSPS) is 10.2. The van der Waals surface area contributed by atoms with Crippen LogP contribution in [-0.2, 0) is 9.47 Å². The van der Waals surface area contributed by atoms with Gasteiger partial charge in [0.15, 0.2) is 5.88 Å². The zero-order chi connectivity index (χ0) is 16.8. The second kappa shape index (κ2) is 7.82. The Morgan fingerprint density at radius 2 is 2.04 bits per heavy atom. The number of benzene rings is 1. The van der Waals surface area contributed by atoms with Crippen LogP contribution in [0.2, 0.25) is 0 Å². The monoisotopic (exact) mass is 380 g/mol. The molecule has 0 atom stereocenters. The Labute approximate surface area is 142 Å². The van der Waals surface area contributed by atoms with Gasteiger partial charge in [-0.2, -0.15) is 0 Å². The molecule has 2 aromatic rings. The molecule has 1 aromatic carbocycles. The van der Waals surface area contributed by atoms with E-state index in [1.165, 1.54) is 0 Å². The van der Waals surface area contributed by atoms with Gasteiger partial charge >= 0.3 is 6.16 Å². The van der Waals surface area contributed by atoms with Crippen molar-refractivity contribution in [2.24, 2.45) is 0 Å². The van der Waals surface area contributed by atoms with Crippen LogP contribution in [0.4, 0.5) is 4.79 Å². The molecule has 0 aliphatic rings. The van der Waals surface area contributed by atoms with Crippen molar-refractivity contribution in [3.8, 4) is 17.0 Å². The lowest BCUT2D eigenvalue weighted by Crippen LogP contribution is -2.10. The molecule has 0 saturated carbocycles. The summed E-state index contributed by atoms with van der Waals surface area (Å²) in [6.45, 7) is 8.17. The maximum absolute atomic E-state index is 11.6. The van der Waals surface area contributed by atoms with E-state index in [0.29, 0.717) is 29.5 Å². The van der Waals surface area contributed by atoms with E-state index in [0.717, 1.165) is 4.47 Å². The van der Waals surface area contributed by atoms with Gasteiger partial charge in [-0.1, -0.05) is 15.9 Å². The number of carbonyl (C=O) groups is 1. The summed E-state index contributed by atoms with van der Waals surface area (Å²) in [6, 6.07) is 5.26. The maximum atomic E-state index is 11.6. The number of carbonyl (C=O) groups excluding carboxylic acids is 1. The van der Waals surface area contributed by atoms with Gasteiger partial charge in [0.1, 0.15) is 12.1 Å². The van der Waals surface area contributed by atoms with E-state index in [9.17, 15) is 4.79 Å². The molecule has 0 N–H and O–H groups in total. The summed E-state index contributed by atoms with van der Waals surface area (Å²) in [5.74, 6) is 0.827. The van der Waals surface area contributed by atoms with Gasteiger partial charge < -0.3 is 14.2 Å². The van der Waals surface area contributed by atoms with Crippen molar-refractivity contribution in [2.75, 3.05) is 13.2 Å². The summed E-state index contributed by atoms with van der Waals surface area (Å²) >= 11 is 3.40. The third kappa shape index (κ3) is 4.35. The average Bonchev–Trinajstić information content (AvgIpc) is 2.99. The Morgan fingerprint density at radius 1 is 1.30 bits per heavy atom. The van der Waals surface area contributed by atoms with Gasteiger partial charge in [0.25, 0.3) is 0 Å². The van der Waals surface area contributed by atoms with Crippen molar-refractivity contribution in [3.63, 3.8) is 0 Å². The van der Waals surface area contributed by atoms with Crippen LogP contribution in [0.15, 0.2) is 41.8 Å². The Kier molecular flexibility index (Phi) is 5.81. The molecule has 0 radical (unpaired) electrons. The van der Waals surface area contributed by atoms with Crippen molar-refractivity contribution in [3.05, 3.63) is 41.8 Å². The number of hydrogen-bond acceptors (Lipinski definition) is 5. The molecule has 122 valence electrons. The number of halogens is 1. The van der Waals surface area contributed by atoms with Crippen molar-refractivity contribution < 1.29 is 19.0 Å². The molecule has 0 aliphatic heterocycles. The van der Waals surface area contributed by atoms with Gasteiger partial charge in [-0.3, -0.25) is 4.57 Å². The third-order valence-electron chi connectivity index (χ3n) is 2.85. The number of aromatic nitrogens is 2. The smallest absolute Gasteiger partial charge is 0.479 e. The van der Waals surface area contributed by atoms with Crippen LogP contribution in [0.3, 0.4) is 0 Å². The number of rotatable bonds is 6. The predicted octanol–water partition coefficient (Wildman–Crippen LogP) is 4.31. The van der Waals surface area contributed by atoms with E-state index < -0.39 is 6.16 Å². The van der Waals surface area contributed by atoms with Gasteiger partial charge in [0.2, 0.25) is 0 Å². The van der Waals surface area contributed by atoms with Gasteiger partial charge in [0, 0.05) is 16.2 Å². The van der Waals surface area contributed by atoms with Crippen molar-refractivity contribution in [1.29, 1.82) is 0 Å². The van der Waals surface area contributed by atoms with E-state index in [1.54, 1.807) is 36.1 Å². The summed E-state index contributed by atoms with van der Waals surface area (Å²) in [6.07, 6.45) is 2.58. The zero-order valence-electron chi connectivity index (χ0n) is 12.9. The van der Waals surface area contributed by atoms with Crippen LogP contribution in [0.1, 0.15) is 13.8 Å². The number of imidazole rings is 1. The first-order valence-corrected chi connectivity index (χ1v) is 7.85. The van der Waals surface area contributed by atoms with Gasteiger partial charge in [-0.15, -0.1) is 0 Å². The minimum Gasteiger partial charge on any atom is -0.479 e. The number of ether oxygens (including phenoxy) is 3. The second-order valence-electron chi connectivity index (χ2n) is 4.42. The van der Waals surface area contributed by atoms with Gasteiger partial charge in [-0.05, 0) is 38.6 Å². The van der Waals surface area contributed by atoms with Gasteiger partial charge in [-0.25, -0.2) is 9.78 Å². The highest BCUT2D eigenvalue weighted by atomic mass is 79.9. The van der Waals surface area contributed by atoms with E-state index >= 15 is 0 Å². The molecule has 1 aromatic heterocycles. The van der Waals surface area contributed by atoms with Crippen LogP contribution in [0.5, 0.6) is 5.75 Å².